The summed E-state index contributed by atoms with van der Waals surface area (Å²) in [5, 5.41) is 21.3. The zero-order valence-corrected chi connectivity index (χ0v) is 22.3. The van der Waals surface area contributed by atoms with Gasteiger partial charge in [0, 0.05) is 29.4 Å². The van der Waals surface area contributed by atoms with Crippen molar-refractivity contribution in [2.45, 2.75) is 30.9 Å². The van der Waals surface area contributed by atoms with E-state index in [4.69, 9.17) is 10.6 Å². The van der Waals surface area contributed by atoms with Crippen molar-refractivity contribution in [1.82, 2.24) is 24.3 Å². The molecule has 2 aromatic heterocycles. The quantitative estimate of drug-likeness (QED) is 0.0783. The number of aromatic nitrogens is 4. The van der Waals surface area contributed by atoms with Gasteiger partial charge in [-0.3, -0.25) is 14.5 Å². The highest BCUT2D eigenvalue weighted by Gasteiger charge is 2.53. The summed E-state index contributed by atoms with van der Waals surface area (Å²) in [4.78, 5) is 48.4. The lowest BCUT2D eigenvalue weighted by Crippen LogP contribution is -2.71. The number of thioether (sulfide) groups is 1. The number of fused-ring (bicyclic) bond motifs is 2. The molecule has 14 nitrogen and oxygen atoms in total. The average molecular weight is 582 g/mol. The molecular formula is C21H24ClN9O5S2. The van der Waals surface area contributed by atoms with Crippen LogP contribution in [0.25, 0.3) is 0 Å². The van der Waals surface area contributed by atoms with Gasteiger partial charge >= 0.3 is 0 Å². The maximum Gasteiger partial charge on any atom is 0.278 e. The summed E-state index contributed by atoms with van der Waals surface area (Å²) in [5.74, 6) is -1.51. The monoisotopic (exact) mass is 581 g/mol. The van der Waals surface area contributed by atoms with Crippen molar-refractivity contribution in [2.75, 3.05) is 30.0 Å². The van der Waals surface area contributed by atoms with Crippen LogP contribution in [0.2, 0.25) is 0 Å². The fourth-order valence-electron chi connectivity index (χ4n) is 4.31. The Morgan fingerprint density at radius 1 is 1.47 bits per heavy atom. The fraction of sp³-hybridized carbons (Fsp3) is 0.381. The number of β-lactam (4-membered cyclic amide) rings is 1. The molecule has 0 aliphatic carbocycles. The SMILES string of the molecule is C=CCON=C(C(=O)N[C@@H]1C(=O)N2C(C(=O)[O-])=C(C[n+]3ccc4n3CCCN4)CS[C@H]12)c1nsc(N)n1.Cl. The second kappa shape index (κ2) is 11.4. The molecule has 1 fully saturated rings. The third-order valence-electron chi connectivity index (χ3n) is 5.94. The van der Waals surface area contributed by atoms with E-state index in [0.717, 1.165) is 36.9 Å². The lowest BCUT2D eigenvalue weighted by Gasteiger charge is -2.50. The molecule has 202 valence electrons. The zero-order chi connectivity index (χ0) is 26.1. The molecule has 0 saturated carbocycles. The number of halogens is 1. The molecule has 17 heteroatoms. The van der Waals surface area contributed by atoms with Gasteiger partial charge in [-0.05, 0) is 6.42 Å². The van der Waals surface area contributed by atoms with Crippen molar-refractivity contribution in [2.24, 2.45) is 5.16 Å². The number of hydrogen-bond acceptors (Lipinski definition) is 12. The van der Waals surface area contributed by atoms with Crippen LogP contribution in [0.5, 0.6) is 0 Å². The van der Waals surface area contributed by atoms with Gasteiger partial charge in [0.2, 0.25) is 11.5 Å². The first-order valence-electron chi connectivity index (χ1n) is 11.3. The Morgan fingerprint density at radius 3 is 3.00 bits per heavy atom. The first kappa shape index (κ1) is 27.4. The highest BCUT2D eigenvalue weighted by molar-refractivity contribution is 8.00. The second-order valence-corrected chi connectivity index (χ2v) is 10.2. The Hall–Kier alpha value is -3.63. The van der Waals surface area contributed by atoms with Crippen LogP contribution in [0.4, 0.5) is 10.9 Å². The van der Waals surface area contributed by atoms with E-state index in [1.807, 2.05) is 21.6 Å². The van der Waals surface area contributed by atoms with E-state index in [-0.39, 0.29) is 41.4 Å². The summed E-state index contributed by atoms with van der Waals surface area (Å²) in [6, 6.07) is 0.951. The van der Waals surface area contributed by atoms with E-state index in [0.29, 0.717) is 17.9 Å². The number of carbonyl (C=O) groups is 3. The van der Waals surface area contributed by atoms with Crippen molar-refractivity contribution in [3.8, 4) is 0 Å². The van der Waals surface area contributed by atoms with Gasteiger partial charge in [0.1, 0.15) is 18.0 Å². The summed E-state index contributed by atoms with van der Waals surface area (Å²) >= 11 is 2.23. The maximum absolute atomic E-state index is 13.1. The van der Waals surface area contributed by atoms with E-state index in [1.165, 1.54) is 22.7 Å². The first-order chi connectivity index (χ1) is 17.9. The smallest absolute Gasteiger partial charge is 0.278 e. The van der Waals surface area contributed by atoms with E-state index in [9.17, 15) is 19.5 Å². The van der Waals surface area contributed by atoms with Gasteiger partial charge in [-0.1, -0.05) is 17.8 Å². The number of oxime groups is 1. The molecule has 5 heterocycles. The first-order valence-corrected chi connectivity index (χ1v) is 13.1. The zero-order valence-electron chi connectivity index (χ0n) is 19.9. The van der Waals surface area contributed by atoms with E-state index in [1.54, 1.807) is 0 Å². The van der Waals surface area contributed by atoms with Gasteiger partial charge in [0.05, 0.1) is 24.3 Å². The van der Waals surface area contributed by atoms with Crippen LogP contribution in [-0.4, -0.2) is 72.8 Å². The number of carboxylic acid groups (broad SMARTS) is 1. The summed E-state index contributed by atoms with van der Waals surface area (Å²) in [5.41, 5.74) is 5.75. The molecule has 0 spiro atoms. The molecule has 0 unspecified atom stereocenters. The maximum atomic E-state index is 13.1. The number of anilines is 2. The van der Waals surface area contributed by atoms with Crippen LogP contribution in [0.3, 0.4) is 0 Å². The van der Waals surface area contributed by atoms with Crippen molar-refractivity contribution in [1.29, 1.82) is 0 Å². The molecule has 2 amide bonds. The number of carbonyl (C=O) groups excluding carboxylic acids is 3. The Labute approximate surface area is 231 Å². The van der Waals surface area contributed by atoms with Crippen LogP contribution < -0.4 is 26.2 Å². The van der Waals surface area contributed by atoms with Gasteiger partial charge in [0.25, 0.3) is 11.8 Å². The standard InChI is InChI=1S/C21H23N9O5S2.ClH/c1-2-8-35-26-13(16-25-21(22)37-27-16)17(31)24-14-18(32)30-15(20(33)34)11(10-36-19(14)30)9-28-7-4-12-23-5-3-6-29(12)28;/h2,4,7,14,19H,1,3,5-6,8-10H2,(H4,22,24,25,27,31,33,34);1H/t14-,19-;/m1./s1. The van der Waals surface area contributed by atoms with Gasteiger partial charge in [0.15, 0.2) is 23.7 Å². The van der Waals surface area contributed by atoms with Crippen LogP contribution >= 0.6 is 35.7 Å². The summed E-state index contributed by atoms with van der Waals surface area (Å²) < 4.78 is 7.94. The average Bonchev–Trinajstić information content (AvgIpc) is 3.50. The predicted octanol–water partition coefficient (Wildman–Crippen LogP) is -1.54. The minimum atomic E-state index is -1.44. The van der Waals surface area contributed by atoms with Crippen LogP contribution in [0, 0.1) is 0 Å². The van der Waals surface area contributed by atoms with Crippen molar-refractivity contribution in [3.05, 3.63) is 42.0 Å². The molecule has 5 rings (SSSR count). The molecule has 0 radical (unpaired) electrons. The molecule has 2 aromatic rings. The summed E-state index contributed by atoms with van der Waals surface area (Å²) in [7, 11) is 0. The molecule has 3 aliphatic heterocycles. The van der Waals surface area contributed by atoms with Gasteiger partial charge in [-0.25, -0.2) is 0 Å². The number of carboxylic acids is 1. The molecule has 4 N–H and O–H groups in total. The largest absolute Gasteiger partial charge is 0.543 e. The molecule has 3 aliphatic rings. The highest BCUT2D eigenvalue weighted by atomic mass is 35.5. The van der Waals surface area contributed by atoms with Crippen LogP contribution in [-0.2, 0) is 32.3 Å². The molecular weight excluding hydrogens is 558 g/mol. The molecule has 38 heavy (non-hydrogen) atoms. The van der Waals surface area contributed by atoms with E-state index in [2.05, 4.69) is 31.7 Å². The van der Waals surface area contributed by atoms with Crippen molar-refractivity contribution >= 4 is 70.1 Å². The number of rotatable bonds is 9. The topological polar surface area (TPSA) is 184 Å². The van der Waals surface area contributed by atoms with E-state index < -0.39 is 29.2 Å². The third-order valence-corrected chi connectivity index (χ3v) is 7.82. The van der Waals surface area contributed by atoms with Crippen molar-refractivity contribution < 1.29 is 29.0 Å². The molecule has 1 saturated heterocycles. The Kier molecular flexibility index (Phi) is 8.23. The Balaban J connectivity index is 0.00000336. The number of aliphatic carboxylic acids is 1. The molecule has 0 bridgehead atoms. The summed E-state index contributed by atoms with van der Waals surface area (Å²) in [6.07, 6.45) is 4.27. The molecule has 0 aromatic carbocycles. The van der Waals surface area contributed by atoms with E-state index >= 15 is 0 Å². The normalized spacial score (nSPS) is 20.4. The number of hydrogen-bond donors (Lipinski definition) is 3. The number of nitrogens with two attached hydrogens (primary N) is 1. The Morgan fingerprint density at radius 2 is 2.29 bits per heavy atom. The van der Waals surface area contributed by atoms with Gasteiger partial charge < -0.3 is 31.1 Å². The lowest BCUT2D eigenvalue weighted by atomic mass is 10.0. The Bertz CT molecular complexity index is 1340. The highest BCUT2D eigenvalue weighted by Crippen LogP contribution is 2.40. The minimum absolute atomic E-state index is 0. The fourth-order valence-corrected chi connectivity index (χ4v) is 6.08. The number of amides is 2. The summed E-state index contributed by atoms with van der Waals surface area (Å²) in [6.45, 7) is 5.52. The minimum Gasteiger partial charge on any atom is -0.543 e. The van der Waals surface area contributed by atoms with Crippen LogP contribution in [0.1, 0.15) is 12.2 Å². The van der Waals surface area contributed by atoms with Gasteiger partial charge in [-0.15, -0.1) is 33.5 Å². The number of nitrogens with one attached hydrogen (secondary N) is 2. The van der Waals surface area contributed by atoms with Crippen LogP contribution in [0.15, 0.2) is 41.3 Å². The van der Waals surface area contributed by atoms with Gasteiger partial charge in [-0.2, -0.15) is 9.36 Å². The lowest BCUT2D eigenvalue weighted by molar-refractivity contribution is -0.768. The second-order valence-electron chi connectivity index (χ2n) is 8.28. The third kappa shape index (κ3) is 5.06. The number of nitrogens with zero attached hydrogens (tertiary/aromatic N) is 6. The predicted molar refractivity (Wildman–Crippen MR) is 139 cm³/mol. The van der Waals surface area contributed by atoms with Crippen molar-refractivity contribution in [3.63, 3.8) is 0 Å². The number of nitrogen functional groups attached to an aromatic ring is 1. The molecule has 2 atom stereocenters.